The summed E-state index contributed by atoms with van der Waals surface area (Å²) < 4.78 is 5.07. The van der Waals surface area contributed by atoms with E-state index < -0.39 is 6.10 Å². The van der Waals surface area contributed by atoms with Gasteiger partial charge >= 0.3 is 0 Å². The summed E-state index contributed by atoms with van der Waals surface area (Å²) in [5.41, 5.74) is 0.957. The number of aromatic nitrogens is 1. The van der Waals surface area contributed by atoms with Gasteiger partial charge in [0.05, 0.1) is 19.4 Å². The number of ether oxygens (including phenoxy) is 1. The van der Waals surface area contributed by atoms with Gasteiger partial charge in [-0.3, -0.25) is 9.78 Å². The topological polar surface area (TPSA) is 71.5 Å². The molecule has 0 aliphatic carbocycles. The van der Waals surface area contributed by atoms with Crippen LogP contribution in [0.25, 0.3) is 0 Å². The highest BCUT2D eigenvalue weighted by Crippen LogP contribution is 2.11. The van der Waals surface area contributed by atoms with Crippen LogP contribution in [0.4, 0.5) is 0 Å². The number of aryl methyl sites for hydroxylation is 1. The number of amides is 1. The van der Waals surface area contributed by atoms with Crippen LogP contribution < -0.4 is 10.1 Å². The van der Waals surface area contributed by atoms with Crippen molar-refractivity contribution in [1.29, 1.82) is 0 Å². The normalized spacial score (nSPS) is 12.3. The summed E-state index contributed by atoms with van der Waals surface area (Å²) in [6, 6.07) is 1.86. The van der Waals surface area contributed by atoms with Crippen LogP contribution in [-0.4, -0.2) is 35.8 Å². The van der Waals surface area contributed by atoms with Crippen LogP contribution >= 0.6 is 0 Å². The minimum atomic E-state index is -0.498. The van der Waals surface area contributed by atoms with Crippen molar-refractivity contribution < 1.29 is 14.6 Å². The first kappa shape index (κ1) is 15.4. The standard InChI is InChI=1S/C14H22N2O3/c1-10(2)13(17)9-16-14(18)5-4-11-6-12(19-3)8-15-7-11/h6-8,10,13,17H,4-5,9H2,1-3H3,(H,16,18). The fraction of sp³-hybridized carbons (Fsp3) is 0.571. The van der Waals surface area contributed by atoms with Gasteiger partial charge in [-0.15, -0.1) is 0 Å². The van der Waals surface area contributed by atoms with Crippen molar-refractivity contribution >= 4 is 5.91 Å². The Morgan fingerprint density at radius 3 is 2.84 bits per heavy atom. The number of nitrogens with zero attached hydrogens (tertiary/aromatic N) is 1. The summed E-state index contributed by atoms with van der Waals surface area (Å²) in [4.78, 5) is 15.7. The quantitative estimate of drug-likeness (QED) is 0.777. The fourth-order valence-corrected chi connectivity index (χ4v) is 1.51. The van der Waals surface area contributed by atoms with E-state index in [4.69, 9.17) is 4.74 Å². The molecule has 5 heteroatoms. The molecule has 1 aromatic rings. The Kier molecular flexibility index (Phi) is 6.29. The second-order valence-corrected chi connectivity index (χ2v) is 4.85. The third-order valence-corrected chi connectivity index (χ3v) is 2.92. The van der Waals surface area contributed by atoms with Gasteiger partial charge in [-0.05, 0) is 24.0 Å². The largest absolute Gasteiger partial charge is 0.495 e. The Morgan fingerprint density at radius 2 is 2.21 bits per heavy atom. The number of methoxy groups -OCH3 is 1. The fourth-order valence-electron chi connectivity index (χ4n) is 1.51. The maximum atomic E-state index is 11.6. The van der Waals surface area contributed by atoms with Crippen LogP contribution in [-0.2, 0) is 11.2 Å². The highest BCUT2D eigenvalue weighted by molar-refractivity contribution is 5.76. The molecule has 1 amide bonds. The molecule has 0 aliphatic heterocycles. The lowest BCUT2D eigenvalue weighted by Gasteiger charge is -2.14. The number of carbonyl (C=O) groups is 1. The first-order chi connectivity index (χ1) is 9.02. The first-order valence-corrected chi connectivity index (χ1v) is 6.45. The molecule has 5 nitrogen and oxygen atoms in total. The maximum absolute atomic E-state index is 11.6. The van der Waals surface area contributed by atoms with Gasteiger partial charge in [0.15, 0.2) is 0 Å². The van der Waals surface area contributed by atoms with Crippen molar-refractivity contribution in [3.63, 3.8) is 0 Å². The molecular weight excluding hydrogens is 244 g/mol. The van der Waals surface area contributed by atoms with Crippen LogP contribution in [0.1, 0.15) is 25.8 Å². The lowest BCUT2D eigenvalue weighted by Crippen LogP contribution is -2.34. The molecule has 1 atom stereocenters. The molecule has 0 spiro atoms. The third kappa shape index (κ3) is 5.70. The molecule has 0 aliphatic rings. The molecular formula is C14H22N2O3. The average Bonchev–Trinajstić information content (AvgIpc) is 2.42. The maximum Gasteiger partial charge on any atom is 0.220 e. The van der Waals surface area contributed by atoms with Crippen molar-refractivity contribution in [1.82, 2.24) is 10.3 Å². The van der Waals surface area contributed by atoms with Gasteiger partial charge < -0.3 is 15.2 Å². The highest BCUT2D eigenvalue weighted by atomic mass is 16.5. The summed E-state index contributed by atoms with van der Waals surface area (Å²) >= 11 is 0. The zero-order chi connectivity index (χ0) is 14.3. The van der Waals surface area contributed by atoms with E-state index in [9.17, 15) is 9.90 Å². The van der Waals surface area contributed by atoms with Gasteiger partial charge in [-0.2, -0.15) is 0 Å². The van der Waals surface area contributed by atoms with E-state index in [1.807, 2.05) is 19.9 Å². The van der Waals surface area contributed by atoms with E-state index in [2.05, 4.69) is 10.3 Å². The minimum Gasteiger partial charge on any atom is -0.495 e. The molecule has 1 unspecified atom stereocenters. The van der Waals surface area contributed by atoms with E-state index in [-0.39, 0.29) is 11.8 Å². The number of carbonyl (C=O) groups excluding carboxylic acids is 1. The van der Waals surface area contributed by atoms with Gasteiger partial charge in [0, 0.05) is 19.2 Å². The average molecular weight is 266 g/mol. The van der Waals surface area contributed by atoms with E-state index in [0.29, 0.717) is 25.1 Å². The molecule has 1 rings (SSSR count). The molecule has 0 aromatic carbocycles. The lowest BCUT2D eigenvalue weighted by molar-refractivity contribution is -0.121. The van der Waals surface area contributed by atoms with Crippen LogP contribution in [0.3, 0.4) is 0 Å². The van der Waals surface area contributed by atoms with Crippen molar-refractivity contribution in [3.05, 3.63) is 24.0 Å². The summed E-state index contributed by atoms with van der Waals surface area (Å²) in [6.45, 7) is 4.13. The van der Waals surface area contributed by atoms with E-state index in [1.165, 1.54) is 0 Å². The second-order valence-electron chi connectivity index (χ2n) is 4.85. The molecule has 1 heterocycles. The van der Waals surface area contributed by atoms with E-state index in [1.54, 1.807) is 19.5 Å². The lowest BCUT2D eigenvalue weighted by atomic mass is 10.1. The van der Waals surface area contributed by atoms with E-state index in [0.717, 1.165) is 5.56 Å². The molecule has 19 heavy (non-hydrogen) atoms. The number of nitrogens with one attached hydrogen (secondary N) is 1. The van der Waals surface area contributed by atoms with Gasteiger partial charge in [-0.1, -0.05) is 13.8 Å². The molecule has 0 fully saturated rings. The number of pyridine rings is 1. The molecule has 106 valence electrons. The molecule has 0 saturated heterocycles. The van der Waals surface area contributed by atoms with E-state index >= 15 is 0 Å². The SMILES string of the molecule is COc1cncc(CCC(=O)NCC(O)C(C)C)c1. The third-order valence-electron chi connectivity index (χ3n) is 2.92. The monoisotopic (exact) mass is 266 g/mol. The molecule has 0 radical (unpaired) electrons. The highest BCUT2D eigenvalue weighted by Gasteiger charge is 2.10. The Hall–Kier alpha value is -1.62. The second kappa shape index (κ2) is 7.74. The smallest absolute Gasteiger partial charge is 0.220 e. The molecule has 0 bridgehead atoms. The van der Waals surface area contributed by atoms with Crippen LogP contribution in [0, 0.1) is 5.92 Å². The van der Waals surface area contributed by atoms with Crippen LogP contribution in [0.15, 0.2) is 18.5 Å². The Labute approximate surface area is 114 Å². The minimum absolute atomic E-state index is 0.0671. The van der Waals surface area contributed by atoms with Crippen molar-refractivity contribution in [2.45, 2.75) is 32.8 Å². The van der Waals surface area contributed by atoms with Gasteiger partial charge in [-0.25, -0.2) is 0 Å². The number of aliphatic hydroxyl groups is 1. The Morgan fingerprint density at radius 1 is 1.47 bits per heavy atom. The zero-order valence-corrected chi connectivity index (χ0v) is 11.7. The summed E-state index contributed by atoms with van der Waals surface area (Å²) in [7, 11) is 1.58. The van der Waals surface area contributed by atoms with Crippen LogP contribution in [0.5, 0.6) is 5.75 Å². The first-order valence-electron chi connectivity index (χ1n) is 6.45. The van der Waals surface area contributed by atoms with Crippen molar-refractivity contribution in [2.24, 2.45) is 5.92 Å². The summed E-state index contributed by atoms with van der Waals surface area (Å²) in [5.74, 6) is 0.763. The summed E-state index contributed by atoms with van der Waals surface area (Å²) in [5, 5.41) is 12.3. The van der Waals surface area contributed by atoms with Crippen molar-refractivity contribution in [3.8, 4) is 5.75 Å². The summed E-state index contributed by atoms with van der Waals surface area (Å²) in [6.07, 6.45) is 3.83. The number of aliphatic hydroxyl groups excluding tert-OH is 1. The Balaban J connectivity index is 2.33. The zero-order valence-electron chi connectivity index (χ0n) is 11.7. The predicted octanol–water partition coefficient (Wildman–Crippen LogP) is 1.16. The number of hydrogen-bond donors (Lipinski definition) is 2. The van der Waals surface area contributed by atoms with Gasteiger partial charge in [0.1, 0.15) is 5.75 Å². The van der Waals surface area contributed by atoms with Crippen LogP contribution in [0.2, 0.25) is 0 Å². The van der Waals surface area contributed by atoms with Gasteiger partial charge in [0.2, 0.25) is 5.91 Å². The Bertz CT molecular complexity index is 407. The molecule has 2 N–H and O–H groups in total. The number of rotatable bonds is 7. The van der Waals surface area contributed by atoms with Crippen molar-refractivity contribution in [2.75, 3.05) is 13.7 Å². The predicted molar refractivity (Wildman–Crippen MR) is 73.0 cm³/mol. The molecule has 1 aromatic heterocycles. The molecule has 0 saturated carbocycles. The van der Waals surface area contributed by atoms with Gasteiger partial charge in [0.25, 0.3) is 0 Å². The number of hydrogen-bond acceptors (Lipinski definition) is 4.